The average Bonchev–Trinajstić information content (AvgIpc) is 2.46. The van der Waals surface area contributed by atoms with E-state index in [9.17, 15) is 5.26 Å². The average molecular weight is 260 g/mol. The molecule has 1 heterocycles. The second-order valence-corrected chi connectivity index (χ2v) is 5.68. The molecule has 2 rings (SSSR count). The first-order chi connectivity index (χ1) is 8.80. The van der Waals surface area contributed by atoms with Crippen molar-refractivity contribution in [1.29, 1.82) is 5.26 Å². The lowest BCUT2D eigenvalue weighted by atomic mass is 9.95. The third-order valence-corrected chi connectivity index (χ3v) is 4.55. The van der Waals surface area contributed by atoms with E-state index >= 15 is 0 Å². The molecule has 1 unspecified atom stereocenters. The normalized spacial score (nSPS) is 19.6. The van der Waals surface area contributed by atoms with Crippen molar-refractivity contribution >= 4 is 17.4 Å². The second kappa shape index (κ2) is 6.15. The molecule has 3 heteroatoms. The predicted octanol–water partition coefficient (Wildman–Crippen LogP) is 3.91. The monoisotopic (exact) mass is 260 g/mol. The van der Waals surface area contributed by atoms with Crippen molar-refractivity contribution < 1.29 is 0 Å². The lowest BCUT2D eigenvalue weighted by Gasteiger charge is -2.34. The molecule has 0 saturated carbocycles. The lowest BCUT2D eigenvalue weighted by Crippen LogP contribution is -2.35. The number of anilines is 1. The number of rotatable bonds is 3. The number of benzene rings is 1. The summed E-state index contributed by atoms with van der Waals surface area (Å²) in [5.41, 5.74) is 1.98. The Morgan fingerprint density at radius 1 is 1.50 bits per heavy atom. The van der Waals surface area contributed by atoms with Gasteiger partial charge in [0.15, 0.2) is 0 Å². The summed E-state index contributed by atoms with van der Waals surface area (Å²) < 4.78 is 0. The fraction of sp³-hybridized carbons (Fsp3) is 0.533. The Balaban J connectivity index is 2.30. The maximum atomic E-state index is 9.39. The van der Waals surface area contributed by atoms with E-state index in [4.69, 9.17) is 0 Å². The van der Waals surface area contributed by atoms with Gasteiger partial charge >= 0.3 is 0 Å². The van der Waals surface area contributed by atoms with E-state index in [1.165, 1.54) is 19.3 Å². The van der Waals surface area contributed by atoms with Crippen LogP contribution >= 0.6 is 11.8 Å². The van der Waals surface area contributed by atoms with Crippen LogP contribution in [0, 0.1) is 17.2 Å². The summed E-state index contributed by atoms with van der Waals surface area (Å²) in [4.78, 5) is 3.49. The molecule has 0 bridgehead atoms. The molecule has 0 N–H and O–H groups in total. The molecule has 0 radical (unpaired) electrons. The van der Waals surface area contributed by atoms with Gasteiger partial charge < -0.3 is 4.90 Å². The Kier molecular flexibility index (Phi) is 4.54. The smallest absolute Gasteiger partial charge is 0.103 e. The fourth-order valence-electron chi connectivity index (χ4n) is 2.68. The minimum Gasteiger partial charge on any atom is -0.370 e. The highest BCUT2D eigenvalue weighted by atomic mass is 32.2. The predicted molar refractivity (Wildman–Crippen MR) is 78.2 cm³/mol. The number of piperidine rings is 1. The minimum absolute atomic E-state index is 0.781. The van der Waals surface area contributed by atoms with Crippen molar-refractivity contribution in [3.63, 3.8) is 0 Å². The van der Waals surface area contributed by atoms with Crippen LogP contribution in [0.2, 0.25) is 0 Å². The standard InChI is InChI=1S/C15H20N2S/c1-3-12-6-5-9-17(11-12)14-7-4-8-15(18-2)13(14)10-16/h4,7-8,12H,3,5-6,9,11H2,1-2H3. The van der Waals surface area contributed by atoms with Gasteiger partial charge in [-0.05, 0) is 37.1 Å². The van der Waals surface area contributed by atoms with E-state index < -0.39 is 0 Å². The maximum Gasteiger partial charge on any atom is 0.103 e. The molecule has 0 amide bonds. The SMILES string of the molecule is CCC1CCCN(c2cccc(SC)c2C#N)C1. The van der Waals surface area contributed by atoms with Crippen LogP contribution in [0.5, 0.6) is 0 Å². The Hall–Kier alpha value is -1.14. The van der Waals surface area contributed by atoms with Crippen LogP contribution in [0.1, 0.15) is 31.7 Å². The van der Waals surface area contributed by atoms with Gasteiger partial charge in [0, 0.05) is 18.0 Å². The van der Waals surface area contributed by atoms with Gasteiger partial charge in [-0.1, -0.05) is 19.4 Å². The van der Waals surface area contributed by atoms with Gasteiger partial charge in [0.05, 0.1) is 11.3 Å². The van der Waals surface area contributed by atoms with Gasteiger partial charge in [-0.2, -0.15) is 5.26 Å². The van der Waals surface area contributed by atoms with Crippen LogP contribution in [0.3, 0.4) is 0 Å². The Labute approximate surface area is 114 Å². The molecule has 0 aromatic heterocycles. The summed E-state index contributed by atoms with van der Waals surface area (Å²) in [5.74, 6) is 0.781. The maximum absolute atomic E-state index is 9.39. The molecular weight excluding hydrogens is 240 g/mol. The molecule has 0 aliphatic carbocycles. The van der Waals surface area contributed by atoms with Crippen LogP contribution in [0.4, 0.5) is 5.69 Å². The number of hydrogen-bond donors (Lipinski definition) is 0. The van der Waals surface area contributed by atoms with Gasteiger partial charge in [-0.15, -0.1) is 11.8 Å². The quantitative estimate of drug-likeness (QED) is 0.771. The number of nitrogens with zero attached hydrogens (tertiary/aromatic N) is 2. The molecule has 1 aliphatic rings. The first-order valence-electron chi connectivity index (χ1n) is 6.62. The molecule has 1 aromatic rings. The van der Waals surface area contributed by atoms with Crippen molar-refractivity contribution in [2.75, 3.05) is 24.2 Å². The third-order valence-electron chi connectivity index (χ3n) is 3.77. The minimum atomic E-state index is 0.781. The number of thioether (sulfide) groups is 1. The van der Waals surface area contributed by atoms with Crippen molar-refractivity contribution in [2.24, 2.45) is 5.92 Å². The second-order valence-electron chi connectivity index (χ2n) is 4.83. The Morgan fingerprint density at radius 2 is 2.33 bits per heavy atom. The van der Waals surface area contributed by atoms with E-state index in [0.29, 0.717) is 0 Å². The topological polar surface area (TPSA) is 27.0 Å². The Morgan fingerprint density at radius 3 is 3.00 bits per heavy atom. The zero-order valence-electron chi connectivity index (χ0n) is 11.1. The van der Waals surface area contributed by atoms with E-state index in [0.717, 1.165) is 35.2 Å². The molecule has 18 heavy (non-hydrogen) atoms. The summed E-state index contributed by atoms with van der Waals surface area (Å²) in [6, 6.07) is 8.58. The van der Waals surface area contributed by atoms with Gasteiger partial charge in [-0.3, -0.25) is 0 Å². The number of hydrogen-bond acceptors (Lipinski definition) is 3. The molecule has 0 spiro atoms. The first-order valence-corrected chi connectivity index (χ1v) is 7.84. The molecule has 1 aliphatic heterocycles. The summed E-state index contributed by atoms with van der Waals surface area (Å²) >= 11 is 1.66. The van der Waals surface area contributed by atoms with Crippen molar-refractivity contribution in [2.45, 2.75) is 31.1 Å². The van der Waals surface area contributed by atoms with Gasteiger partial charge in [0.25, 0.3) is 0 Å². The lowest BCUT2D eigenvalue weighted by molar-refractivity contribution is 0.404. The number of nitriles is 1. The zero-order chi connectivity index (χ0) is 13.0. The van der Waals surface area contributed by atoms with Gasteiger partial charge in [-0.25, -0.2) is 0 Å². The van der Waals surface area contributed by atoms with Crippen LogP contribution in [0.15, 0.2) is 23.1 Å². The fourth-order valence-corrected chi connectivity index (χ4v) is 3.25. The summed E-state index contributed by atoms with van der Waals surface area (Å²) in [7, 11) is 0. The van der Waals surface area contributed by atoms with Crippen LogP contribution in [0.25, 0.3) is 0 Å². The molecule has 1 saturated heterocycles. The highest BCUT2D eigenvalue weighted by molar-refractivity contribution is 7.98. The molecule has 2 nitrogen and oxygen atoms in total. The highest BCUT2D eigenvalue weighted by Gasteiger charge is 2.21. The molecule has 1 fully saturated rings. The Bertz CT molecular complexity index is 450. The molecule has 1 aromatic carbocycles. The largest absolute Gasteiger partial charge is 0.370 e. The highest BCUT2D eigenvalue weighted by Crippen LogP contribution is 2.32. The van der Waals surface area contributed by atoms with Crippen molar-refractivity contribution in [1.82, 2.24) is 0 Å². The van der Waals surface area contributed by atoms with Crippen LogP contribution in [-0.2, 0) is 0 Å². The zero-order valence-corrected chi connectivity index (χ0v) is 12.0. The van der Waals surface area contributed by atoms with Crippen molar-refractivity contribution in [3.8, 4) is 6.07 Å². The first kappa shape index (κ1) is 13.3. The summed E-state index contributed by atoms with van der Waals surface area (Å²) in [6.07, 6.45) is 5.84. The molecule has 96 valence electrons. The van der Waals surface area contributed by atoms with Crippen molar-refractivity contribution in [3.05, 3.63) is 23.8 Å². The van der Waals surface area contributed by atoms with Gasteiger partial charge in [0.1, 0.15) is 6.07 Å². The third kappa shape index (κ3) is 2.64. The van der Waals surface area contributed by atoms with E-state index in [2.05, 4.69) is 30.0 Å². The van der Waals surface area contributed by atoms with E-state index in [-0.39, 0.29) is 0 Å². The van der Waals surface area contributed by atoms with E-state index in [1.807, 2.05) is 12.3 Å². The summed E-state index contributed by atoms with van der Waals surface area (Å²) in [6.45, 7) is 4.45. The van der Waals surface area contributed by atoms with E-state index in [1.54, 1.807) is 11.8 Å². The van der Waals surface area contributed by atoms with Crippen LogP contribution in [-0.4, -0.2) is 19.3 Å². The van der Waals surface area contributed by atoms with Gasteiger partial charge in [0.2, 0.25) is 0 Å². The summed E-state index contributed by atoms with van der Waals surface area (Å²) in [5, 5.41) is 9.39. The van der Waals surface area contributed by atoms with Crippen LogP contribution < -0.4 is 4.90 Å². The molecule has 1 atom stereocenters. The molecular formula is C15H20N2S.